The molecule has 3 atom stereocenters. The molecule has 1 N–H and O–H groups in total. The maximum Gasteiger partial charge on any atom is 0.225 e. The van der Waals surface area contributed by atoms with E-state index in [0.29, 0.717) is 17.9 Å². The molecule has 0 aromatic heterocycles. The lowest BCUT2D eigenvalue weighted by atomic mass is 9.92. The van der Waals surface area contributed by atoms with E-state index in [0.717, 1.165) is 32.5 Å². The van der Waals surface area contributed by atoms with Crippen LogP contribution in [0.2, 0.25) is 0 Å². The molecule has 3 nitrogen and oxygen atoms in total. The Morgan fingerprint density at radius 2 is 2.33 bits per heavy atom. The number of amides is 1. The number of piperidine rings is 1. The van der Waals surface area contributed by atoms with Gasteiger partial charge >= 0.3 is 0 Å². The molecule has 0 aromatic rings. The van der Waals surface area contributed by atoms with E-state index in [1.54, 1.807) is 0 Å². The van der Waals surface area contributed by atoms with Crippen molar-refractivity contribution >= 4 is 5.91 Å². The highest BCUT2D eigenvalue weighted by Crippen LogP contribution is 2.25. The lowest BCUT2D eigenvalue weighted by Gasteiger charge is -2.36. The summed E-state index contributed by atoms with van der Waals surface area (Å²) in [7, 11) is 0. The largest absolute Gasteiger partial charge is 0.342 e. The summed E-state index contributed by atoms with van der Waals surface area (Å²) in [6.07, 6.45) is 3.35. The highest BCUT2D eigenvalue weighted by atomic mass is 16.2. The lowest BCUT2D eigenvalue weighted by molar-refractivity contribution is -0.137. The van der Waals surface area contributed by atoms with Gasteiger partial charge in [0.25, 0.3) is 0 Å². The van der Waals surface area contributed by atoms with E-state index < -0.39 is 0 Å². The van der Waals surface area contributed by atoms with Gasteiger partial charge in [-0.3, -0.25) is 4.79 Å². The summed E-state index contributed by atoms with van der Waals surface area (Å²) in [4.78, 5) is 14.1. The van der Waals surface area contributed by atoms with E-state index in [1.165, 1.54) is 6.42 Å². The third kappa shape index (κ3) is 2.17. The number of fused-ring (bicyclic) bond motifs is 1. The third-order valence-electron chi connectivity index (χ3n) is 4.00. The topological polar surface area (TPSA) is 32.3 Å². The van der Waals surface area contributed by atoms with Gasteiger partial charge in [-0.25, -0.2) is 0 Å². The zero-order valence-electron chi connectivity index (χ0n) is 9.83. The number of carbonyl (C=O) groups excluding carboxylic acids is 1. The van der Waals surface area contributed by atoms with E-state index >= 15 is 0 Å². The Balaban J connectivity index is 1.92. The number of nitrogens with zero attached hydrogens (tertiary/aromatic N) is 1. The van der Waals surface area contributed by atoms with Gasteiger partial charge in [0.1, 0.15) is 0 Å². The van der Waals surface area contributed by atoms with Crippen LogP contribution in [0.4, 0.5) is 0 Å². The molecule has 2 aliphatic rings. The minimum atomic E-state index is 0.205. The first-order chi connectivity index (χ1) is 7.22. The molecule has 2 aliphatic heterocycles. The summed E-state index contributed by atoms with van der Waals surface area (Å²) in [5.41, 5.74) is 0. The van der Waals surface area contributed by atoms with E-state index in [2.05, 4.69) is 17.1 Å². The first kappa shape index (κ1) is 10.9. The molecule has 2 fully saturated rings. The molecule has 2 rings (SSSR count). The van der Waals surface area contributed by atoms with Crippen LogP contribution in [0.3, 0.4) is 0 Å². The van der Waals surface area contributed by atoms with Crippen LogP contribution in [0.1, 0.15) is 33.1 Å². The van der Waals surface area contributed by atoms with Crippen molar-refractivity contribution in [3.63, 3.8) is 0 Å². The Hall–Kier alpha value is -0.570. The van der Waals surface area contributed by atoms with Crippen molar-refractivity contribution in [3.8, 4) is 0 Å². The molecule has 3 heteroatoms. The summed E-state index contributed by atoms with van der Waals surface area (Å²) in [5, 5.41) is 3.52. The van der Waals surface area contributed by atoms with Crippen molar-refractivity contribution in [2.75, 3.05) is 19.6 Å². The average Bonchev–Trinajstić information content (AvgIpc) is 2.73. The van der Waals surface area contributed by atoms with Crippen LogP contribution in [0.5, 0.6) is 0 Å². The highest BCUT2D eigenvalue weighted by molar-refractivity contribution is 5.78. The maximum absolute atomic E-state index is 12.0. The monoisotopic (exact) mass is 210 g/mol. The minimum Gasteiger partial charge on any atom is -0.342 e. The van der Waals surface area contributed by atoms with E-state index in [9.17, 15) is 4.79 Å². The molecule has 0 aromatic carbocycles. The Kier molecular flexibility index (Phi) is 3.29. The summed E-state index contributed by atoms with van der Waals surface area (Å²) in [5.74, 6) is 1.28. The predicted octanol–water partition coefficient (Wildman–Crippen LogP) is 1.24. The van der Waals surface area contributed by atoms with Gasteiger partial charge in [0.05, 0.1) is 0 Å². The molecular formula is C12H22N2O. The Labute approximate surface area is 92.2 Å². The van der Waals surface area contributed by atoms with Crippen molar-refractivity contribution < 1.29 is 4.79 Å². The first-order valence-electron chi connectivity index (χ1n) is 6.24. The standard InChI is InChI=1S/C12H22N2O/c1-3-9(2)12(15)14-7-5-11-10(8-14)4-6-13-11/h9-11,13H,3-8H2,1-2H3. The first-order valence-corrected chi connectivity index (χ1v) is 6.24. The number of carbonyl (C=O) groups is 1. The van der Waals surface area contributed by atoms with E-state index in [-0.39, 0.29) is 5.92 Å². The maximum atomic E-state index is 12.0. The van der Waals surface area contributed by atoms with Gasteiger partial charge in [0.2, 0.25) is 5.91 Å². The van der Waals surface area contributed by atoms with Gasteiger partial charge in [0.15, 0.2) is 0 Å². The fourth-order valence-electron chi connectivity index (χ4n) is 2.73. The van der Waals surface area contributed by atoms with Crippen LogP contribution in [0.25, 0.3) is 0 Å². The second-order valence-corrected chi connectivity index (χ2v) is 4.99. The predicted molar refractivity (Wildman–Crippen MR) is 60.5 cm³/mol. The summed E-state index contributed by atoms with van der Waals surface area (Å²) >= 11 is 0. The van der Waals surface area contributed by atoms with Gasteiger partial charge < -0.3 is 10.2 Å². The molecule has 0 aliphatic carbocycles. The van der Waals surface area contributed by atoms with Crippen molar-refractivity contribution in [1.82, 2.24) is 10.2 Å². The van der Waals surface area contributed by atoms with Gasteiger partial charge in [-0.1, -0.05) is 13.8 Å². The molecule has 0 saturated carbocycles. The van der Waals surface area contributed by atoms with Crippen LogP contribution in [-0.4, -0.2) is 36.5 Å². The van der Waals surface area contributed by atoms with E-state index in [1.807, 2.05) is 6.92 Å². The molecule has 86 valence electrons. The molecule has 2 heterocycles. The van der Waals surface area contributed by atoms with Crippen molar-refractivity contribution in [1.29, 1.82) is 0 Å². The summed E-state index contributed by atoms with van der Waals surface area (Å²) in [6, 6.07) is 0.686. The Bertz CT molecular complexity index is 242. The second kappa shape index (κ2) is 4.52. The molecule has 2 saturated heterocycles. The van der Waals surface area contributed by atoms with Gasteiger partial charge in [-0.05, 0) is 31.7 Å². The molecule has 3 unspecified atom stereocenters. The molecule has 0 radical (unpaired) electrons. The summed E-state index contributed by atoms with van der Waals surface area (Å²) in [6.45, 7) is 7.21. The lowest BCUT2D eigenvalue weighted by Crippen LogP contribution is -2.48. The van der Waals surface area contributed by atoms with Crippen LogP contribution in [0.15, 0.2) is 0 Å². The zero-order valence-corrected chi connectivity index (χ0v) is 9.83. The van der Waals surface area contributed by atoms with Gasteiger partial charge in [-0.15, -0.1) is 0 Å². The van der Waals surface area contributed by atoms with Gasteiger partial charge in [0, 0.05) is 25.0 Å². The van der Waals surface area contributed by atoms with Crippen molar-refractivity contribution in [3.05, 3.63) is 0 Å². The zero-order chi connectivity index (χ0) is 10.8. The normalized spacial score (nSPS) is 32.5. The highest BCUT2D eigenvalue weighted by Gasteiger charge is 2.34. The van der Waals surface area contributed by atoms with Crippen LogP contribution in [-0.2, 0) is 4.79 Å². The average molecular weight is 210 g/mol. The molecular weight excluding hydrogens is 188 g/mol. The fourth-order valence-corrected chi connectivity index (χ4v) is 2.73. The van der Waals surface area contributed by atoms with E-state index in [4.69, 9.17) is 0 Å². The van der Waals surface area contributed by atoms with Crippen LogP contribution in [0, 0.1) is 11.8 Å². The SMILES string of the molecule is CCC(C)C(=O)N1CCC2NCCC2C1. The van der Waals surface area contributed by atoms with Crippen LogP contribution < -0.4 is 5.32 Å². The minimum absolute atomic E-state index is 0.205. The van der Waals surface area contributed by atoms with Crippen molar-refractivity contribution in [2.24, 2.45) is 11.8 Å². The molecule has 1 amide bonds. The second-order valence-electron chi connectivity index (χ2n) is 4.99. The Morgan fingerprint density at radius 3 is 3.07 bits per heavy atom. The molecule has 0 bridgehead atoms. The third-order valence-corrected chi connectivity index (χ3v) is 4.00. The number of nitrogens with one attached hydrogen (secondary N) is 1. The summed E-state index contributed by atoms with van der Waals surface area (Å²) < 4.78 is 0. The van der Waals surface area contributed by atoms with Crippen LogP contribution >= 0.6 is 0 Å². The number of hydrogen-bond donors (Lipinski definition) is 1. The molecule has 0 spiro atoms. The van der Waals surface area contributed by atoms with Crippen molar-refractivity contribution in [2.45, 2.75) is 39.2 Å². The number of rotatable bonds is 2. The molecule has 15 heavy (non-hydrogen) atoms. The Morgan fingerprint density at radius 1 is 1.53 bits per heavy atom. The van der Waals surface area contributed by atoms with Gasteiger partial charge in [-0.2, -0.15) is 0 Å². The smallest absolute Gasteiger partial charge is 0.225 e. The number of likely N-dealkylation sites (tertiary alicyclic amines) is 1. The fraction of sp³-hybridized carbons (Fsp3) is 0.917. The number of hydrogen-bond acceptors (Lipinski definition) is 2. The quantitative estimate of drug-likeness (QED) is 0.744.